The van der Waals surface area contributed by atoms with Gasteiger partial charge < -0.3 is 14.2 Å². The number of hydrogen-bond acceptors (Lipinski definition) is 5. The zero-order chi connectivity index (χ0) is 21.0. The fraction of sp³-hybridized carbons (Fsp3) is 0.217. The second-order valence-corrected chi connectivity index (χ2v) is 6.14. The molecule has 0 radical (unpaired) electrons. The molecule has 1 aliphatic rings. The van der Waals surface area contributed by atoms with Crippen molar-refractivity contribution in [1.82, 2.24) is 0 Å². The number of nitrogens with zero attached hydrogens (tertiary/aromatic N) is 1. The molecule has 1 aliphatic heterocycles. The number of hydrogen-bond donors (Lipinski definition) is 0. The summed E-state index contributed by atoms with van der Waals surface area (Å²) in [5.74, 6) is 1.75. The molecule has 1 atom stereocenters. The van der Waals surface area contributed by atoms with E-state index in [0.717, 1.165) is 16.3 Å². The van der Waals surface area contributed by atoms with Crippen LogP contribution in [-0.2, 0) is 0 Å². The molecule has 0 saturated heterocycles. The van der Waals surface area contributed by atoms with Crippen molar-refractivity contribution in [1.29, 1.82) is 0 Å². The van der Waals surface area contributed by atoms with Crippen molar-refractivity contribution in [2.24, 2.45) is 0 Å². The highest BCUT2D eigenvalue weighted by molar-refractivity contribution is 5.96. The van der Waals surface area contributed by atoms with Crippen molar-refractivity contribution in [3.63, 3.8) is 0 Å². The predicted molar refractivity (Wildman–Crippen MR) is 113 cm³/mol. The van der Waals surface area contributed by atoms with Crippen LogP contribution >= 0.6 is 0 Å². The SMILES string of the molecule is CC.COc1cc2ccc3c(c2cc1OC)C=C([N+](=O)[O-])C(c1ccccc1)O3. The van der Waals surface area contributed by atoms with Gasteiger partial charge in [0.15, 0.2) is 11.5 Å². The molecule has 6 heteroatoms. The molecule has 3 aromatic rings. The Bertz CT molecular complexity index is 1060. The number of benzene rings is 3. The maximum absolute atomic E-state index is 11.7. The maximum Gasteiger partial charge on any atom is 0.291 e. The minimum absolute atomic E-state index is 0.00372. The lowest BCUT2D eigenvalue weighted by molar-refractivity contribution is -0.434. The fourth-order valence-corrected chi connectivity index (χ4v) is 3.33. The van der Waals surface area contributed by atoms with Gasteiger partial charge in [-0.3, -0.25) is 10.1 Å². The van der Waals surface area contributed by atoms with E-state index in [-0.39, 0.29) is 10.6 Å². The van der Waals surface area contributed by atoms with E-state index in [4.69, 9.17) is 14.2 Å². The molecule has 6 nitrogen and oxygen atoms in total. The Morgan fingerprint density at radius 2 is 1.62 bits per heavy atom. The third-order valence-corrected chi connectivity index (χ3v) is 4.64. The van der Waals surface area contributed by atoms with Crippen LogP contribution in [0.2, 0.25) is 0 Å². The van der Waals surface area contributed by atoms with Crippen molar-refractivity contribution < 1.29 is 19.1 Å². The third kappa shape index (κ3) is 3.74. The fourth-order valence-electron chi connectivity index (χ4n) is 3.33. The van der Waals surface area contributed by atoms with Crippen molar-refractivity contribution in [2.45, 2.75) is 20.0 Å². The highest BCUT2D eigenvalue weighted by Crippen LogP contribution is 2.43. The summed E-state index contributed by atoms with van der Waals surface area (Å²) in [6.45, 7) is 4.00. The van der Waals surface area contributed by atoms with Gasteiger partial charge in [-0.15, -0.1) is 0 Å². The van der Waals surface area contributed by atoms with Gasteiger partial charge in [0, 0.05) is 17.2 Å². The summed E-state index contributed by atoms with van der Waals surface area (Å²) in [5.41, 5.74) is 1.39. The first kappa shape index (κ1) is 20.2. The molecular weight excluding hydrogens is 370 g/mol. The summed E-state index contributed by atoms with van der Waals surface area (Å²) in [4.78, 5) is 11.3. The number of rotatable bonds is 4. The summed E-state index contributed by atoms with van der Waals surface area (Å²) < 4.78 is 16.8. The number of methoxy groups -OCH3 is 2. The molecule has 150 valence electrons. The average Bonchev–Trinajstić information content (AvgIpc) is 2.78. The molecule has 1 heterocycles. The summed E-state index contributed by atoms with van der Waals surface area (Å²) in [5, 5.41) is 13.4. The van der Waals surface area contributed by atoms with Crippen LogP contribution < -0.4 is 14.2 Å². The molecule has 0 N–H and O–H groups in total. The van der Waals surface area contributed by atoms with E-state index < -0.39 is 6.10 Å². The quantitative estimate of drug-likeness (QED) is 0.424. The van der Waals surface area contributed by atoms with E-state index >= 15 is 0 Å². The van der Waals surface area contributed by atoms with Crippen molar-refractivity contribution in [2.75, 3.05) is 14.2 Å². The smallest absolute Gasteiger partial charge is 0.291 e. The van der Waals surface area contributed by atoms with Gasteiger partial charge in [-0.2, -0.15) is 0 Å². The molecule has 0 saturated carbocycles. The standard InChI is InChI=1S/C21H17NO5.C2H6/c1-25-19-10-14-8-9-18-16(15(14)12-20(19)26-2)11-17(22(23)24)21(27-18)13-6-4-3-5-7-13;1-2/h3-12,21H,1-2H3;1-2H3. The van der Waals surface area contributed by atoms with Crippen LogP contribution in [0.5, 0.6) is 17.2 Å². The highest BCUT2D eigenvalue weighted by atomic mass is 16.6. The van der Waals surface area contributed by atoms with Gasteiger partial charge >= 0.3 is 0 Å². The Morgan fingerprint density at radius 1 is 0.966 bits per heavy atom. The van der Waals surface area contributed by atoms with Crippen LogP contribution in [-0.4, -0.2) is 19.1 Å². The first-order valence-electron chi connectivity index (χ1n) is 9.38. The maximum atomic E-state index is 11.7. The van der Waals surface area contributed by atoms with E-state index in [0.29, 0.717) is 22.8 Å². The van der Waals surface area contributed by atoms with Gasteiger partial charge in [0.2, 0.25) is 6.10 Å². The van der Waals surface area contributed by atoms with Gasteiger partial charge in [0.25, 0.3) is 5.70 Å². The van der Waals surface area contributed by atoms with Gasteiger partial charge in [-0.05, 0) is 29.0 Å². The number of ether oxygens (including phenoxy) is 3. The van der Waals surface area contributed by atoms with Crippen LogP contribution in [0.25, 0.3) is 16.8 Å². The Labute approximate surface area is 169 Å². The minimum Gasteiger partial charge on any atom is -0.493 e. The highest BCUT2D eigenvalue weighted by Gasteiger charge is 2.33. The molecule has 0 aromatic heterocycles. The van der Waals surface area contributed by atoms with Gasteiger partial charge in [0.05, 0.1) is 19.1 Å². The van der Waals surface area contributed by atoms with Crippen LogP contribution in [0.3, 0.4) is 0 Å². The third-order valence-electron chi connectivity index (χ3n) is 4.64. The van der Waals surface area contributed by atoms with Crippen LogP contribution in [0, 0.1) is 10.1 Å². The second-order valence-electron chi connectivity index (χ2n) is 6.14. The van der Waals surface area contributed by atoms with Gasteiger partial charge in [-0.1, -0.05) is 50.2 Å². The molecule has 1 unspecified atom stereocenters. The minimum atomic E-state index is -0.758. The van der Waals surface area contributed by atoms with E-state index in [9.17, 15) is 10.1 Å². The monoisotopic (exact) mass is 393 g/mol. The lowest BCUT2D eigenvalue weighted by Gasteiger charge is -2.24. The summed E-state index contributed by atoms with van der Waals surface area (Å²) in [7, 11) is 3.12. The predicted octanol–water partition coefficient (Wildman–Crippen LogP) is 5.63. The summed E-state index contributed by atoms with van der Waals surface area (Å²) in [6, 6.07) is 16.6. The van der Waals surface area contributed by atoms with E-state index in [2.05, 4.69) is 0 Å². The van der Waals surface area contributed by atoms with Crippen LogP contribution in [0.15, 0.2) is 60.3 Å². The van der Waals surface area contributed by atoms with Crippen molar-refractivity contribution in [3.05, 3.63) is 81.5 Å². The molecule has 4 rings (SSSR count). The van der Waals surface area contributed by atoms with E-state index in [1.165, 1.54) is 0 Å². The lowest BCUT2D eigenvalue weighted by Crippen LogP contribution is -2.19. The topological polar surface area (TPSA) is 70.8 Å². The average molecular weight is 393 g/mol. The van der Waals surface area contributed by atoms with Crippen LogP contribution in [0.1, 0.15) is 31.1 Å². The zero-order valence-electron chi connectivity index (χ0n) is 16.8. The first-order chi connectivity index (χ1) is 14.1. The second kappa shape index (κ2) is 8.65. The van der Waals surface area contributed by atoms with E-state index in [1.807, 2.05) is 68.4 Å². The van der Waals surface area contributed by atoms with E-state index in [1.54, 1.807) is 20.3 Å². The first-order valence-corrected chi connectivity index (χ1v) is 9.38. The molecule has 0 fully saturated rings. The molecule has 0 bridgehead atoms. The van der Waals surface area contributed by atoms with Crippen molar-refractivity contribution >= 4 is 16.8 Å². The lowest BCUT2D eigenvalue weighted by atomic mass is 9.96. The molecule has 29 heavy (non-hydrogen) atoms. The van der Waals surface area contributed by atoms with Crippen molar-refractivity contribution in [3.8, 4) is 17.2 Å². The largest absolute Gasteiger partial charge is 0.493 e. The number of nitro groups is 1. The summed E-state index contributed by atoms with van der Waals surface area (Å²) in [6.07, 6.45) is 0.830. The molecule has 0 aliphatic carbocycles. The van der Waals surface area contributed by atoms with Gasteiger partial charge in [-0.25, -0.2) is 0 Å². The van der Waals surface area contributed by atoms with Crippen LogP contribution in [0.4, 0.5) is 0 Å². The normalized spacial score (nSPS) is 14.6. The Balaban J connectivity index is 0.00000117. The zero-order valence-corrected chi connectivity index (χ0v) is 16.8. The summed E-state index contributed by atoms with van der Waals surface area (Å²) >= 11 is 0. The molecular formula is C23H23NO5. The molecule has 3 aromatic carbocycles. The Hall–Kier alpha value is -3.54. The number of fused-ring (bicyclic) bond motifs is 3. The Kier molecular flexibility index (Phi) is 6.02. The Morgan fingerprint density at radius 3 is 2.24 bits per heavy atom. The molecule has 0 amide bonds. The molecule has 0 spiro atoms. The van der Waals surface area contributed by atoms with Gasteiger partial charge in [0.1, 0.15) is 5.75 Å².